The van der Waals surface area contributed by atoms with E-state index in [4.69, 9.17) is 0 Å². The van der Waals surface area contributed by atoms with Crippen molar-refractivity contribution in [1.82, 2.24) is 9.80 Å². The Morgan fingerprint density at radius 2 is 1.68 bits per heavy atom. The molecule has 0 radical (unpaired) electrons. The molecule has 0 atom stereocenters. The van der Waals surface area contributed by atoms with Crippen LogP contribution in [0.25, 0.3) is 0 Å². The number of hydrogen-bond donors (Lipinski definition) is 0. The van der Waals surface area contributed by atoms with Gasteiger partial charge in [-0.15, -0.1) is 0 Å². The summed E-state index contributed by atoms with van der Waals surface area (Å²) in [4.78, 5) is 7.19. The SMILES string of the molecule is CN1CCCN(C2CCN(c3ccc(F)c(F)c3)CC2)CC1. The van der Waals surface area contributed by atoms with Gasteiger partial charge in [-0.25, -0.2) is 8.78 Å². The van der Waals surface area contributed by atoms with Gasteiger partial charge in [-0.1, -0.05) is 0 Å². The van der Waals surface area contributed by atoms with Crippen molar-refractivity contribution in [1.29, 1.82) is 0 Å². The molecule has 122 valence electrons. The lowest BCUT2D eigenvalue weighted by Crippen LogP contribution is -2.46. The standard InChI is InChI=1S/C17H25F2N3/c1-20-7-2-8-21(12-11-20)14-5-9-22(10-6-14)15-3-4-16(18)17(19)13-15/h3-4,13-14H,2,5-12H2,1H3. The maximum absolute atomic E-state index is 13.4. The molecule has 0 amide bonds. The van der Waals surface area contributed by atoms with E-state index in [0.717, 1.165) is 44.7 Å². The zero-order chi connectivity index (χ0) is 15.5. The summed E-state index contributed by atoms with van der Waals surface area (Å²) in [6, 6.07) is 4.85. The molecule has 2 saturated heterocycles. The van der Waals surface area contributed by atoms with E-state index >= 15 is 0 Å². The Balaban J connectivity index is 1.56. The summed E-state index contributed by atoms with van der Waals surface area (Å²) >= 11 is 0. The van der Waals surface area contributed by atoms with Gasteiger partial charge in [0.1, 0.15) is 0 Å². The van der Waals surface area contributed by atoms with Gasteiger partial charge in [0, 0.05) is 44.0 Å². The highest BCUT2D eigenvalue weighted by molar-refractivity contribution is 5.47. The molecule has 0 saturated carbocycles. The van der Waals surface area contributed by atoms with Crippen molar-refractivity contribution >= 4 is 5.69 Å². The van der Waals surface area contributed by atoms with Crippen LogP contribution in [0.4, 0.5) is 14.5 Å². The van der Waals surface area contributed by atoms with Gasteiger partial charge in [0.2, 0.25) is 0 Å². The largest absolute Gasteiger partial charge is 0.371 e. The summed E-state index contributed by atoms with van der Waals surface area (Å²) in [5.41, 5.74) is 0.799. The first-order valence-electron chi connectivity index (χ1n) is 8.26. The molecule has 0 aromatic heterocycles. The van der Waals surface area contributed by atoms with Crippen LogP contribution in [0.3, 0.4) is 0 Å². The van der Waals surface area contributed by atoms with Crippen molar-refractivity contribution in [2.75, 3.05) is 51.2 Å². The van der Waals surface area contributed by atoms with Crippen LogP contribution >= 0.6 is 0 Å². The summed E-state index contributed by atoms with van der Waals surface area (Å²) in [5, 5.41) is 0. The van der Waals surface area contributed by atoms with E-state index in [1.54, 1.807) is 6.07 Å². The minimum atomic E-state index is -0.771. The molecule has 0 bridgehead atoms. The Bertz CT molecular complexity index is 501. The Morgan fingerprint density at radius 3 is 2.41 bits per heavy atom. The van der Waals surface area contributed by atoms with Gasteiger partial charge in [-0.05, 0) is 51.5 Å². The highest BCUT2D eigenvalue weighted by atomic mass is 19.2. The molecule has 2 fully saturated rings. The zero-order valence-electron chi connectivity index (χ0n) is 13.3. The van der Waals surface area contributed by atoms with E-state index in [1.165, 1.54) is 31.6 Å². The molecular formula is C17H25F2N3. The van der Waals surface area contributed by atoms with E-state index in [0.29, 0.717) is 6.04 Å². The van der Waals surface area contributed by atoms with E-state index in [1.807, 2.05) is 0 Å². The van der Waals surface area contributed by atoms with Gasteiger partial charge in [0.25, 0.3) is 0 Å². The van der Waals surface area contributed by atoms with Gasteiger partial charge in [0.15, 0.2) is 11.6 Å². The van der Waals surface area contributed by atoms with Crippen molar-refractivity contribution in [2.24, 2.45) is 0 Å². The Morgan fingerprint density at radius 1 is 0.909 bits per heavy atom. The Hall–Kier alpha value is -1.20. The maximum atomic E-state index is 13.4. The molecule has 0 spiro atoms. The van der Waals surface area contributed by atoms with E-state index < -0.39 is 11.6 Å². The summed E-state index contributed by atoms with van der Waals surface area (Å²) in [7, 11) is 2.19. The molecule has 3 nitrogen and oxygen atoms in total. The van der Waals surface area contributed by atoms with Crippen LogP contribution in [-0.4, -0.2) is 62.2 Å². The second kappa shape index (κ2) is 6.92. The molecule has 1 aromatic carbocycles. The Kier molecular flexibility index (Phi) is 4.93. The lowest BCUT2D eigenvalue weighted by molar-refractivity contribution is 0.174. The first-order chi connectivity index (χ1) is 10.6. The van der Waals surface area contributed by atoms with Crippen molar-refractivity contribution in [3.8, 4) is 0 Å². The van der Waals surface area contributed by atoms with Crippen LogP contribution in [-0.2, 0) is 0 Å². The number of hydrogen-bond acceptors (Lipinski definition) is 3. The van der Waals surface area contributed by atoms with Crippen LogP contribution in [0.5, 0.6) is 0 Å². The van der Waals surface area contributed by atoms with E-state index in [2.05, 4.69) is 21.7 Å². The van der Waals surface area contributed by atoms with Crippen LogP contribution in [0.1, 0.15) is 19.3 Å². The average Bonchev–Trinajstić information content (AvgIpc) is 2.75. The number of halogens is 2. The van der Waals surface area contributed by atoms with Crippen LogP contribution < -0.4 is 4.90 Å². The number of rotatable bonds is 2. The fraction of sp³-hybridized carbons (Fsp3) is 0.647. The van der Waals surface area contributed by atoms with Gasteiger partial charge in [-0.3, -0.25) is 4.90 Å². The van der Waals surface area contributed by atoms with Gasteiger partial charge in [-0.2, -0.15) is 0 Å². The van der Waals surface area contributed by atoms with Crippen LogP contribution in [0.15, 0.2) is 18.2 Å². The van der Waals surface area contributed by atoms with Crippen LogP contribution in [0.2, 0.25) is 0 Å². The lowest BCUT2D eigenvalue weighted by Gasteiger charge is -2.39. The maximum Gasteiger partial charge on any atom is 0.160 e. The molecule has 0 unspecified atom stereocenters. The minimum Gasteiger partial charge on any atom is -0.371 e. The highest BCUT2D eigenvalue weighted by Crippen LogP contribution is 2.24. The molecular weight excluding hydrogens is 284 g/mol. The van der Waals surface area contributed by atoms with Gasteiger partial charge in [0.05, 0.1) is 0 Å². The zero-order valence-corrected chi connectivity index (χ0v) is 13.3. The number of nitrogens with zero attached hydrogens (tertiary/aromatic N) is 3. The third-order valence-electron chi connectivity index (χ3n) is 5.00. The quantitative estimate of drug-likeness (QED) is 0.831. The topological polar surface area (TPSA) is 9.72 Å². The second-order valence-corrected chi connectivity index (χ2v) is 6.51. The molecule has 5 heteroatoms. The van der Waals surface area contributed by atoms with Crippen molar-refractivity contribution in [3.05, 3.63) is 29.8 Å². The predicted octanol–water partition coefficient (Wildman–Crippen LogP) is 2.57. The van der Waals surface area contributed by atoms with Gasteiger partial charge >= 0.3 is 0 Å². The third kappa shape index (κ3) is 3.58. The smallest absolute Gasteiger partial charge is 0.160 e. The van der Waals surface area contributed by atoms with Crippen molar-refractivity contribution in [3.63, 3.8) is 0 Å². The molecule has 1 aromatic rings. The number of anilines is 1. The van der Waals surface area contributed by atoms with Crippen molar-refractivity contribution in [2.45, 2.75) is 25.3 Å². The van der Waals surface area contributed by atoms with Gasteiger partial charge < -0.3 is 9.80 Å². The van der Waals surface area contributed by atoms with Crippen molar-refractivity contribution < 1.29 is 8.78 Å². The molecule has 0 N–H and O–H groups in total. The van der Waals surface area contributed by atoms with E-state index in [9.17, 15) is 8.78 Å². The fourth-order valence-corrected chi connectivity index (χ4v) is 3.60. The molecule has 2 aliphatic rings. The summed E-state index contributed by atoms with van der Waals surface area (Å²) in [5.74, 6) is -1.53. The first kappa shape index (κ1) is 15.7. The van der Waals surface area contributed by atoms with E-state index in [-0.39, 0.29) is 0 Å². The molecule has 2 aliphatic heterocycles. The fourth-order valence-electron chi connectivity index (χ4n) is 3.60. The summed E-state index contributed by atoms with van der Waals surface area (Å²) < 4.78 is 26.4. The summed E-state index contributed by atoms with van der Waals surface area (Å²) in [6.07, 6.45) is 3.44. The third-order valence-corrected chi connectivity index (χ3v) is 5.00. The molecule has 22 heavy (non-hydrogen) atoms. The molecule has 0 aliphatic carbocycles. The monoisotopic (exact) mass is 309 g/mol. The normalized spacial score (nSPS) is 22.8. The first-order valence-corrected chi connectivity index (χ1v) is 8.26. The molecule has 3 rings (SSSR count). The predicted molar refractivity (Wildman–Crippen MR) is 85.3 cm³/mol. The number of benzene rings is 1. The second-order valence-electron chi connectivity index (χ2n) is 6.51. The molecule has 2 heterocycles. The summed E-state index contributed by atoms with van der Waals surface area (Å²) in [6.45, 7) is 6.49. The lowest BCUT2D eigenvalue weighted by atomic mass is 10.0. The Labute approximate surface area is 131 Å². The number of piperidine rings is 1. The highest BCUT2D eigenvalue weighted by Gasteiger charge is 2.26. The minimum absolute atomic E-state index is 0.632. The number of likely N-dealkylation sites (N-methyl/N-ethyl adjacent to an activating group) is 1. The van der Waals surface area contributed by atoms with Crippen LogP contribution in [0, 0.1) is 11.6 Å². The average molecular weight is 309 g/mol.